The molecule has 1 saturated heterocycles. The van der Waals surface area contributed by atoms with Gasteiger partial charge in [0.15, 0.2) is 6.29 Å². The molecule has 20 heavy (non-hydrogen) atoms. The van der Waals surface area contributed by atoms with E-state index in [9.17, 15) is 5.11 Å². The zero-order chi connectivity index (χ0) is 14.6. The lowest BCUT2D eigenvalue weighted by Gasteiger charge is -2.36. The Hall–Kier alpha value is -0.200. The number of nitrogens with zero attached hydrogens (tertiary/aromatic N) is 1. The molecule has 1 heterocycles. The fourth-order valence-corrected chi connectivity index (χ4v) is 2.53. The third kappa shape index (κ3) is 7.55. The molecule has 0 unspecified atom stereocenters. The van der Waals surface area contributed by atoms with Crippen LogP contribution in [0.25, 0.3) is 0 Å². The molecule has 0 amide bonds. The van der Waals surface area contributed by atoms with Gasteiger partial charge in [-0.3, -0.25) is 4.90 Å². The summed E-state index contributed by atoms with van der Waals surface area (Å²) in [5.41, 5.74) is 5.59. The van der Waals surface area contributed by atoms with Crippen molar-refractivity contribution in [2.24, 2.45) is 5.73 Å². The van der Waals surface area contributed by atoms with E-state index in [1.54, 1.807) is 0 Å². The lowest BCUT2D eigenvalue weighted by Crippen LogP contribution is -2.51. The molecule has 0 aliphatic carbocycles. The number of unbranched alkanes of at least 4 members (excludes halogenated alkanes) is 5. The highest BCUT2D eigenvalue weighted by Gasteiger charge is 2.27. The summed E-state index contributed by atoms with van der Waals surface area (Å²) in [7, 11) is 0. The van der Waals surface area contributed by atoms with Crippen molar-refractivity contribution in [2.75, 3.05) is 39.4 Å². The maximum absolute atomic E-state index is 9.25. The van der Waals surface area contributed by atoms with Gasteiger partial charge in [-0.1, -0.05) is 39.0 Å². The predicted octanol–water partition coefficient (Wildman–Crippen LogP) is 1.34. The van der Waals surface area contributed by atoms with Crippen LogP contribution in [0.2, 0.25) is 0 Å². The molecule has 1 aliphatic rings. The largest absolute Gasteiger partial charge is 0.394 e. The molecule has 0 saturated carbocycles. The molecule has 1 fully saturated rings. The van der Waals surface area contributed by atoms with Gasteiger partial charge in [-0.2, -0.15) is 0 Å². The van der Waals surface area contributed by atoms with Gasteiger partial charge in [-0.25, -0.2) is 0 Å². The number of hydrogen-bond donors (Lipinski definition) is 2. The fraction of sp³-hybridized carbons (Fsp3) is 1.00. The van der Waals surface area contributed by atoms with Crippen molar-refractivity contribution in [3.63, 3.8) is 0 Å². The van der Waals surface area contributed by atoms with E-state index in [-0.39, 0.29) is 19.0 Å². The summed E-state index contributed by atoms with van der Waals surface area (Å²) in [5.74, 6) is 0. The predicted molar refractivity (Wildman–Crippen MR) is 80.6 cm³/mol. The summed E-state index contributed by atoms with van der Waals surface area (Å²) in [5, 5.41) is 9.25. The van der Waals surface area contributed by atoms with Crippen LogP contribution in [0.3, 0.4) is 0 Å². The molecule has 2 atom stereocenters. The molecular formula is C15H32N2O3. The van der Waals surface area contributed by atoms with E-state index in [4.69, 9.17) is 15.2 Å². The van der Waals surface area contributed by atoms with E-state index in [0.29, 0.717) is 6.54 Å². The van der Waals surface area contributed by atoms with Gasteiger partial charge in [0, 0.05) is 32.8 Å². The smallest absolute Gasteiger partial charge is 0.170 e. The van der Waals surface area contributed by atoms with Gasteiger partial charge in [0.25, 0.3) is 0 Å². The van der Waals surface area contributed by atoms with Gasteiger partial charge in [-0.15, -0.1) is 0 Å². The van der Waals surface area contributed by atoms with E-state index in [0.717, 1.165) is 32.7 Å². The molecule has 5 heteroatoms. The summed E-state index contributed by atoms with van der Waals surface area (Å²) in [4.78, 5) is 2.20. The van der Waals surface area contributed by atoms with Gasteiger partial charge in [-0.05, 0) is 6.42 Å². The van der Waals surface area contributed by atoms with Crippen molar-refractivity contribution < 1.29 is 14.6 Å². The van der Waals surface area contributed by atoms with Crippen LogP contribution in [-0.2, 0) is 9.47 Å². The average molecular weight is 288 g/mol. The summed E-state index contributed by atoms with van der Waals surface area (Å²) in [6, 6.07) is 0. The van der Waals surface area contributed by atoms with Crippen LogP contribution in [0.5, 0.6) is 0 Å². The van der Waals surface area contributed by atoms with Crippen LogP contribution in [0.15, 0.2) is 0 Å². The van der Waals surface area contributed by atoms with Gasteiger partial charge in [0.05, 0.1) is 12.7 Å². The second kappa shape index (κ2) is 11.5. The van der Waals surface area contributed by atoms with Crippen molar-refractivity contribution in [1.82, 2.24) is 4.90 Å². The van der Waals surface area contributed by atoms with Crippen LogP contribution < -0.4 is 5.73 Å². The second-order valence-electron chi connectivity index (χ2n) is 5.56. The number of aliphatic hydroxyl groups excluding tert-OH is 1. The van der Waals surface area contributed by atoms with Gasteiger partial charge in [0.1, 0.15) is 0 Å². The second-order valence-corrected chi connectivity index (χ2v) is 5.56. The maximum atomic E-state index is 9.25. The lowest BCUT2D eigenvalue weighted by atomic mass is 10.1. The minimum absolute atomic E-state index is 0.0396. The average Bonchev–Trinajstić information content (AvgIpc) is 2.46. The first-order valence-corrected chi connectivity index (χ1v) is 8.10. The molecular weight excluding hydrogens is 256 g/mol. The van der Waals surface area contributed by atoms with Crippen molar-refractivity contribution in [2.45, 2.75) is 57.8 Å². The summed E-state index contributed by atoms with van der Waals surface area (Å²) in [6.45, 7) is 5.96. The Bertz CT molecular complexity index is 229. The third-order valence-electron chi connectivity index (χ3n) is 3.66. The number of hydrogen-bond acceptors (Lipinski definition) is 5. The molecule has 0 aromatic heterocycles. The first-order chi connectivity index (χ1) is 9.80. The molecule has 0 bridgehead atoms. The third-order valence-corrected chi connectivity index (χ3v) is 3.66. The van der Waals surface area contributed by atoms with E-state index in [1.807, 2.05) is 0 Å². The molecule has 0 aromatic carbocycles. The Kier molecular flexibility index (Phi) is 10.2. The molecule has 0 aromatic rings. The molecule has 3 N–H and O–H groups in total. The summed E-state index contributed by atoms with van der Waals surface area (Å²) >= 11 is 0. The van der Waals surface area contributed by atoms with Crippen molar-refractivity contribution in [1.29, 1.82) is 0 Å². The van der Waals surface area contributed by atoms with Crippen LogP contribution >= 0.6 is 0 Å². The normalized spacial score (nSPS) is 24.1. The minimum Gasteiger partial charge on any atom is -0.394 e. The van der Waals surface area contributed by atoms with Gasteiger partial charge >= 0.3 is 0 Å². The molecule has 120 valence electrons. The zero-order valence-electron chi connectivity index (χ0n) is 12.9. The van der Waals surface area contributed by atoms with Crippen molar-refractivity contribution in [3.05, 3.63) is 0 Å². The minimum atomic E-state index is -0.219. The SMILES string of the molecule is CCCCCCCCO[C@H]1CN(CCN)C[C@@H](CO)O1. The fourth-order valence-electron chi connectivity index (χ4n) is 2.53. The van der Waals surface area contributed by atoms with Crippen LogP contribution in [0.4, 0.5) is 0 Å². The summed E-state index contributed by atoms with van der Waals surface area (Å²) in [6.07, 6.45) is 7.18. The Morgan fingerprint density at radius 1 is 1.20 bits per heavy atom. The molecule has 1 aliphatic heterocycles. The Labute approximate surface area is 123 Å². The maximum Gasteiger partial charge on any atom is 0.170 e. The van der Waals surface area contributed by atoms with Gasteiger partial charge in [0.2, 0.25) is 0 Å². The van der Waals surface area contributed by atoms with Crippen LogP contribution in [0.1, 0.15) is 45.4 Å². The molecule has 1 rings (SSSR count). The first kappa shape index (κ1) is 17.9. The Morgan fingerprint density at radius 2 is 1.95 bits per heavy atom. The standard InChI is InChI=1S/C15H32N2O3/c1-2-3-4-5-6-7-10-19-15-12-17(9-8-16)11-14(13-18)20-15/h14-15,18H,2-13,16H2,1H3/t14-,15+/m0/s1. The number of morpholine rings is 1. The quantitative estimate of drug-likeness (QED) is 0.562. The number of nitrogens with two attached hydrogens (primary N) is 1. The lowest BCUT2D eigenvalue weighted by molar-refractivity contribution is -0.217. The van der Waals surface area contributed by atoms with Crippen molar-refractivity contribution in [3.8, 4) is 0 Å². The highest BCUT2D eigenvalue weighted by molar-refractivity contribution is 4.73. The Morgan fingerprint density at radius 3 is 2.65 bits per heavy atom. The first-order valence-electron chi connectivity index (χ1n) is 8.10. The highest BCUT2D eigenvalue weighted by atomic mass is 16.7. The molecule has 0 radical (unpaired) electrons. The molecule has 5 nitrogen and oxygen atoms in total. The van der Waals surface area contributed by atoms with E-state index >= 15 is 0 Å². The highest BCUT2D eigenvalue weighted by Crippen LogP contribution is 2.13. The topological polar surface area (TPSA) is 68.0 Å². The zero-order valence-corrected chi connectivity index (χ0v) is 12.9. The van der Waals surface area contributed by atoms with Gasteiger partial charge < -0.3 is 20.3 Å². The Balaban J connectivity index is 2.11. The van der Waals surface area contributed by atoms with E-state index in [2.05, 4.69) is 11.8 Å². The monoisotopic (exact) mass is 288 g/mol. The van der Waals surface area contributed by atoms with Crippen LogP contribution in [0, 0.1) is 0 Å². The number of aliphatic hydroxyl groups is 1. The summed E-state index contributed by atoms with van der Waals surface area (Å²) < 4.78 is 11.5. The van der Waals surface area contributed by atoms with Crippen molar-refractivity contribution >= 4 is 0 Å². The number of ether oxygens (including phenoxy) is 2. The number of rotatable bonds is 11. The van der Waals surface area contributed by atoms with E-state index < -0.39 is 0 Å². The molecule has 0 spiro atoms. The van der Waals surface area contributed by atoms with E-state index in [1.165, 1.54) is 32.1 Å². The van der Waals surface area contributed by atoms with Crippen LogP contribution in [-0.4, -0.2) is 61.8 Å².